The van der Waals surface area contributed by atoms with Crippen molar-refractivity contribution in [2.45, 2.75) is 45.4 Å². The largest absolute Gasteiger partial charge is 0.385 e. The molecule has 1 aromatic carbocycles. The van der Waals surface area contributed by atoms with Gasteiger partial charge in [-0.25, -0.2) is 0 Å². The highest BCUT2D eigenvalue weighted by Crippen LogP contribution is 2.25. The molecule has 7 nitrogen and oxygen atoms in total. The lowest BCUT2D eigenvalue weighted by molar-refractivity contribution is -0.140. The standard InChI is InChI=1S/C22H33N3O4/c1-17-9-11-19(12-10-17)24-20(26)15-23-21(27)16-25(13-6-14-29-2)22(28)18-7-4-3-5-8-18/h9-12,18H,3-8,13-16H2,1-2H3,(H,23,27)(H,24,26). The van der Waals surface area contributed by atoms with Gasteiger partial charge in [0.1, 0.15) is 0 Å². The van der Waals surface area contributed by atoms with Gasteiger partial charge < -0.3 is 20.3 Å². The third kappa shape index (κ3) is 8.23. The van der Waals surface area contributed by atoms with E-state index >= 15 is 0 Å². The molecule has 1 fully saturated rings. The number of hydrogen-bond donors (Lipinski definition) is 2. The van der Waals surface area contributed by atoms with Gasteiger partial charge in [-0.15, -0.1) is 0 Å². The van der Waals surface area contributed by atoms with Gasteiger partial charge in [0.15, 0.2) is 0 Å². The Balaban J connectivity index is 1.82. The summed E-state index contributed by atoms with van der Waals surface area (Å²) in [6, 6.07) is 7.44. The quantitative estimate of drug-likeness (QED) is 0.588. The minimum atomic E-state index is -0.328. The first-order valence-corrected chi connectivity index (χ1v) is 10.4. The fourth-order valence-electron chi connectivity index (χ4n) is 3.52. The molecule has 29 heavy (non-hydrogen) atoms. The van der Waals surface area contributed by atoms with Crippen molar-refractivity contribution in [2.24, 2.45) is 5.92 Å². The van der Waals surface area contributed by atoms with Gasteiger partial charge in [0.2, 0.25) is 17.7 Å². The number of aryl methyl sites for hydroxylation is 1. The third-order valence-corrected chi connectivity index (χ3v) is 5.16. The van der Waals surface area contributed by atoms with Crippen LogP contribution in [0.2, 0.25) is 0 Å². The Bertz CT molecular complexity index is 669. The topological polar surface area (TPSA) is 87.7 Å². The number of methoxy groups -OCH3 is 1. The number of nitrogens with zero attached hydrogens (tertiary/aromatic N) is 1. The van der Waals surface area contributed by atoms with Crippen molar-refractivity contribution in [3.05, 3.63) is 29.8 Å². The number of ether oxygens (including phenoxy) is 1. The Morgan fingerprint density at radius 2 is 1.76 bits per heavy atom. The fourth-order valence-corrected chi connectivity index (χ4v) is 3.52. The van der Waals surface area contributed by atoms with E-state index in [0.29, 0.717) is 25.3 Å². The van der Waals surface area contributed by atoms with Gasteiger partial charge in [-0.05, 0) is 38.3 Å². The Morgan fingerprint density at radius 1 is 1.07 bits per heavy atom. The lowest BCUT2D eigenvalue weighted by Crippen LogP contribution is -2.45. The molecule has 2 N–H and O–H groups in total. The first-order chi connectivity index (χ1) is 14.0. The second kappa shape index (κ2) is 12.2. The summed E-state index contributed by atoms with van der Waals surface area (Å²) in [5.41, 5.74) is 1.79. The maximum absolute atomic E-state index is 12.9. The van der Waals surface area contributed by atoms with Gasteiger partial charge in [-0.3, -0.25) is 14.4 Å². The Labute approximate surface area is 173 Å². The highest BCUT2D eigenvalue weighted by molar-refractivity contribution is 5.95. The van der Waals surface area contributed by atoms with Gasteiger partial charge in [-0.1, -0.05) is 37.0 Å². The van der Waals surface area contributed by atoms with E-state index in [2.05, 4.69) is 10.6 Å². The number of rotatable bonds is 10. The second-order valence-electron chi connectivity index (χ2n) is 7.63. The number of hydrogen-bond acceptors (Lipinski definition) is 4. The summed E-state index contributed by atoms with van der Waals surface area (Å²) < 4.78 is 5.07. The van der Waals surface area contributed by atoms with Crippen LogP contribution >= 0.6 is 0 Å². The summed E-state index contributed by atoms with van der Waals surface area (Å²) in [4.78, 5) is 38.9. The van der Waals surface area contributed by atoms with Crippen LogP contribution in [-0.2, 0) is 19.1 Å². The van der Waals surface area contributed by atoms with Gasteiger partial charge in [0.05, 0.1) is 13.1 Å². The van der Waals surface area contributed by atoms with Crippen molar-refractivity contribution in [1.29, 1.82) is 0 Å². The molecule has 1 aliphatic carbocycles. The Morgan fingerprint density at radius 3 is 2.41 bits per heavy atom. The molecular weight excluding hydrogens is 370 g/mol. The van der Waals surface area contributed by atoms with Gasteiger partial charge in [0.25, 0.3) is 0 Å². The van der Waals surface area contributed by atoms with Gasteiger partial charge in [0, 0.05) is 31.9 Å². The molecule has 0 saturated heterocycles. The zero-order valence-corrected chi connectivity index (χ0v) is 17.5. The number of benzene rings is 1. The SMILES string of the molecule is COCCCN(CC(=O)NCC(=O)Nc1ccc(C)cc1)C(=O)C1CCCCC1. The minimum Gasteiger partial charge on any atom is -0.385 e. The molecule has 0 bridgehead atoms. The fraction of sp³-hybridized carbons (Fsp3) is 0.591. The molecule has 0 atom stereocenters. The average molecular weight is 404 g/mol. The normalized spacial score (nSPS) is 14.3. The molecule has 1 aromatic rings. The van der Waals surface area contributed by atoms with E-state index in [1.165, 1.54) is 6.42 Å². The third-order valence-electron chi connectivity index (χ3n) is 5.16. The highest BCUT2D eigenvalue weighted by atomic mass is 16.5. The number of nitrogens with one attached hydrogen (secondary N) is 2. The lowest BCUT2D eigenvalue weighted by atomic mass is 9.88. The van der Waals surface area contributed by atoms with Crippen molar-refractivity contribution >= 4 is 23.4 Å². The highest BCUT2D eigenvalue weighted by Gasteiger charge is 2.27. The zero-order chi connectivity index (χ0) is 21.1. The molecule has 0 unspecified atom stereocenters. The van der Waals surface area contributed by atoms with Gasteiger partial charge in [-0.2, -0.15) is 0 Å². The summed E-state index contributed by atoms with van der Waals surface area (Å²) in [5.74, 6) is -0.582. The number of carbonyl (C=O) groups is 3. The van der Waals surface area contributed by atoms with E-state index in [0.717, 1.165) is 31.2 Å². The van der Waals surface area contributed by atoms with Crippen molar-refractivity contribution < 1.29 is 19.1 Å². The van der Waals surface area contributed by atoms with Crippen LogP contribution in [0.3, 0.4) is 0 Å². The molecular formula is C22H33N3O4. The van der Waals surface area contributed by atoms with Crippen molar-refractivity contribution in [2.75, 3.05) is 38.7 Å². The average Bonchev–Trinajstić information content (AvgIpc) is 2.73. The molecule has 0 heterocycles. The van der Waals surface area contributed by atoms with Crippen LogP contribution in [0, 0.1) is 12.8 Å². The van der Waals surface area contributed by atoms with E-state index in [1.807, 2.05) is 31.2 Å². The Kier molecular flexibility index (Phi) is 9.64. The zero-order valence-electron chi connectivity index (χ0n) is 17.5. The first kappa shape index (κ1) is 22.9. The predicted molar refractivity (Wildman–Crippen MR) is 112 cm³/mol. The lowest BCUT2D eigenvalue weighted by Gasteiger charge is -2.29. The molecule has 1 aliphatic rings. The van der Waals surface area contributed by atoms with Crippen LogP contribution in [0.15, 0.2) is 24.3 Å². The van der Waals surface area contributed by atoms with E-state index in [1.54, 1.807) is 12.0 Å². The molecule has 160 valence electrons. The predicted octanol–water partition coefficient (Wildman–Crippen LogP) is 2.50. The first-order valence-electron chi connectivity index (χ1n) is 10.4. The molecule has 0 radical (unpaired) electrons. The van der Waals surface area contributed by atoms with Crippen molar-refractivity contribution in [3.63, 3.8) is 0 Å². The molecule has 7 heteroatoms. The summed E-state index contributed by atoms with van der Waals surface area (Å²) in [6.07, 6.45) is 5.75. The van der Waals surface area contributed by atoms with Crippen LogP contribution in [0.4, 0.5) is 5.69 Å². The Hall–Kier alpha value is -2.41. The molecule has 3 amide bonds. The van der Waals surface area contributed by atoms with Crippen LogP contribution in [0.1, 0.15) is 44.1 Å². The van der Waals surface area contributed by atoms with Gasteiger partial charge >= 0.3 is 0 Å². The number of amides is 3. The maximum Gasteiger partial charge on any atom is 0.243 e. The summed E-state index contributed by atoms with van der Waals surface area (Å²) in [7, 11) is 1.62. The number of carbonyl (C=O) groups excluding carboxylic acids is 3. The summed E-state index contributed by atoms with van der Waals surface area (Å²) in [6.45, 7) is 2.83. The van der Waals surface area contributed by atoms with Crippen LogP contribution < -0.4 is 10.6 Å². The summed E-state index contributed by atoms with van der Waals surface area (Å²) >= 11 is 0. The van der Waals surface area contributed by atoms with E-state index in [-0.39, 0.29) is 36.7 Å². The van der Waals surface area contributed by atoms with Crippen LogP contribution in [0.25, 0.3) is 0 Å². The monoisotopic (exact) mass is 403 g/mol. The van der Waals surface area contributed by atoms with Crippen LogP contribution in [-0.4, -0.2) is 56.0 Å². The molecule has 2 rings (SSSR count). The van der Waals surface area contributed by atoms with E-state index < -0.39 is 0 Å². The summed E-state index contributed by atoms with van der Waals surface area (Å²) in [5, 5.41) is 5.36. The van der Waals surface area contributed by atoms with E-state index in [9.17, 15) is 14.4 Å². The molecule has 1 saturated carbocycles. The molecule has 0 aliphatic heterocycles. The molecule has 0 aromatic heterocycles. The van der Waals surface area contributed by atoms with Crippen molar-refractivity contribution in [1.82, 2.24) is 10.2 Å². The van der Waals surface area contributed by atoms with E-state index in [4.69, 9.17) is 4.74 Å². The molecule has 0 spiro atoms. The minimum absolute atomic E-state index is 0.00364. The smallest absolute Gasteiger partial charge is 0.243 e. The number of anilines is 1. The second-order valence-corrected chi connectivity index (χ2v) is 7.63. The maximum atomic E-state index is 12.9. The van der Waals surface area contributed by atoms with Crippen molar-refractivity contribution in [3.8, 4) is 0 Å². The van der Waals surface area contributed by atoms with Crippen LogP contribution in [0.5, 0.6) is 0 Å².